The Kier molecular flexibility index (Phi) is 3.69. The van der Waals surface area contributed by atoms with E-state index in [0.29, 0.717) is 24.1 Å². The van der Waals surface area contributed by atoms with E-state index < -0.39 is 23.8 Å². The maximum Gasteiger partial charge on any atom is 0.162 e. The average molecular weight is 290 g/mol. The van der Waals surface area contributed by atoms with Crippen LogP contribution in [0.3, 0.4) is 0 Å². The van der Waals surface area contributed by atoms with E-state index in [0.717, 1.165) is 6.07 Å². The molecule has 3 rings (SSSR count). The lowest BCUT2D eigenvalue weighted by atomic mass is 9.86. The van der Waals surface area contributed by atoms with Gasteiger partial charge in [0.25, 0.3) is 0 Å². The summed E-state index contributed by atoms with van der Waals surface area (Å²) < 4.78 is 27.5. The third-order valence-corrected chi connectivity index (χ3v) is 4.11. The normalized spacial score (nSPS) is 25.2. The fourth-order valence-electron chi connectivity index (χ4n) is 3.02. The Balaban J connectivity index is 2.07. The van der Waals surface area contributed by atoms with Crippen LogP contribution in [0.2, 0.25) is 0 Å². The number of aliphatic hydroxyl groups is 1. The van der Waals surface area contributed by atoms with Crippen molar-refractivity contribution >= 4 is 0 Å². The van der Waals surface area contributed by atoms with E-state index in [2.05, 4.69) is 4.98 Å². The predicted octanol–water partition coefficient (Wildman–Crippen LogP) is 2.97. The molecular weight excluding hydrogens is 274 g/mol. The molecule has 3 N–H and O–H groups in total. The number of pyridine rings is 1. The van der Waals surface area contributed by atoms with Gasteiger partial charge in [0.05, 0.1) is 11.8 Å². The van der Waals surface area contributed by atoms with Crippen molar-refractivity contribution in [2.45, 2.75) is 30.9 Å². The van der Waals surface area contributed by atoms with E-state index >= 15 is 0 Å². The summed E-state index contributed by atoms with van der Waals surface area (Å²) in [7, 11) is 0. The quantitative estimate of drug-likeness (QED) is 0.794. The Labute approximate surface area is 121 Å². The van der Waals surface area contributed by atoms with Gasteiger partial charge >= 0.3 is 0 Å². The van der Waals surface area contributed by atoms with Crippen LogP contribution in [0.25, 0.3) is 0 Å². The van der Waals surface area contributed by atoms with Crippen LogP contribution >= 0.6 is 0 Å². The van der Waals surface area contributed by atoms with Gasteiger partial charge in [0, 0.05) is 18.2 Å². The first-order valence-electron chi connectivity index (χ1n) is 6.92. The number of aliphatic hydroxyl groups excluding tert-OH is 1. The van der Waals surface area contributed by atoms with Gasteiger partial charge in [-0.2, -0.15) is 0 Å². The molecule has 0 unspecified atom stereocenters. The molecule has 0 saturated carbocycles. The SMILES string of the molecule is N[C@@H]1c2cccnc2[C@@H](O)CC[C@H]1c1cccc(F)c1F. The summed E-state index contributed by atoms with van der Waals surface area (Å²) in [5.74, 6) is -2.13. The number of nitrogens with two attached hydrogens (primary N) is 1. The van der Waals surface area contributed by atoms with Crippen molar-refractivity contribution in [2.75, 3.05) is 0 Å². The monoisotopic (exact) mass is 290 g/mol. The van der Waals surface area contributed by atoms with E-state index in [4.69, 9.17) is 5.73 Å². The minimum atomic E-state index is -0.879. The molecule has 21 heavy (non-hydrogen) atoms. The van der Waals surface area contributed by atoms with Crippen LogP contribution in [-0.4, -0.2) is 10.1 Å². The smallest absolute Gasteiger partial charge is 0.162 e. The van der Waals surface area contributed by atoms with Crippen LogP contribution < -0.4 is 5.73 Å². The summed E-state index contributed by atoms with van der Waals surface area (Å²) in [5, 5.41) is 10.2. The highest BCUT2D eigenvalue weighted by molar-refractivity contribution is 5.33. The van der Waals surface area contributed by atoms with E-state index in [1.54, 1.807) is 24.4 Å². The zero-order chi connectivity index (χ0) is 15.0. The molecule has 110 valence electrons. The molecule has 0 amide bonds. The second kappa shape index (κ2) is 5.50. The number of aromatic nitrogens is 1. The lowest BCUT2D eigenvalue weighted by Gasteiger charge is -2.23. The average Bonchev–Trinajstić information content (AvgIpc) is 2.62. The van der Waals surface area contributed by atoms with Crippen LogP contribution in [-0.2, 0) is 0 Å². The molecular formula is C16H16F2N2O. The molecule has 1 aromatic carbocycles. The number of benzene rings is 1. The highest BCUT2D eigenvalue weighted by Gasteiger charge is 2.32. The summed E-state index contributed by atoms with van der Waals surface area (Å²) in [6.07, 6.45) is 1.75. The molecule has 0 aliphatic heterocycles. The molecule has 1 aliphatic carbocycles. The van der Waals surface area contributed by atoms with Crippen molar-refractivity contribution in [3.8, 4) is 0 Å². The lowest BCUT2D eigenvalue weighted by molar-refractivity contribution is 0.160. The van der Waals surface area contributed by atoms with Crippen LogP contribution in [0.15, 0.2) is 36.5 Å². The summed E-state index contributed by atoms with van der Waals surface area (Å²) >= 11 is 0. The van der Waals surface area contributed by atoms with Gasteiger partial charge in [-0.25, -0.2) is 8.78 Å². The molecule has 2 aromatic rings. The predicted molar refractivity (Wildman–Crippen MR) is 74.5 cm³/mol. The molecule has 0 fully saturated rings. The molecule has 1 aromatic heterocycles. The minimum absolute atomic E-state index is 0.256. The second-order valence-corrected chi connectivity index (χ2v) is 5.35. The third-order valence-electron chi connectivity index (χ3n) is 4.11. The van der Waals surface area contributed by atoms with E-state index in [9.17, 15) is 13.9 Å². The standard InChI is InChI=1S/C16H16F2N2O/c17-12-5-1-3-9(14(12)18)10-6-7-13(21)16-11(15(10)19)4-2-8-20-16/h1-5,8,10,13,15,21H,6-7,19H2/t10-,13-,15-/m0/s1. The summed E-state index contributed by atoms with van der Waals surface area (Å²) in [4.78, 5) is 4.18. The lowest BCUT2D eigenvalue weighted by Crippen LogP contribution is -2.21. The molecule has 5 heteroatoms. The molecule has 0 spiro atoms. The van der Waals surface area contributed by atoms with Crippen molar-refractivity contribution in [1.82, 2.24) is 4.98 Å². The van der Waals surface area contributed by atoms with Gasteiger partial charge in [-0.1, -0.05) is 18.2 Å². The first-order chi connectivity index (χ1) is 10.1. The number of hydrogen-bond donors (Lipinski definition) is 2. The molecule has 1 aliphatic rings. The van der Waals surface area contributed by atoms with Crippen molar-refractivity contribution in [3.05, 3.63) is 65.0 Å². The minimum Gasteiger partial charge on any atom is -0.387 e. The zero-order valence-electron chi connectivity index (χ0n) is 11.3. The fourth-order valence-corrected chi connectivity index (χ4v) is 3.02. The van der Waals surface area contributed by atoms with Crippen molar-refractivity contribution in [3.63, 3.8) is 0 Å². The van der Waals surface area contributed by atoms with Gasteiger partial charge in [0.1, 0.15) is 0 Å². The number of fused-ring (bicyclic) bond motifs is 1. The highest BCUT2D eigenvalue weighted by Crippen LogP contribution is 2.41. The third kappa shape index (κ3) is 2.43. The maximum atomic E-state index is 14.1. The molecule has 1 heterocycles. The first-order valence-corrected chi connectivity index (χ1v) is 6.92. The molecule has 0 saturated heterocycles. The summed E-state index contributed by atoms with van der Waals surface area (Å²) in [6, 6.07) is 7.11. The fraction of sp³-hybridized carbons (Fsp3) is 0.312. The Hall–Kier alpha value is -1.85. The largest absolute Gasteiger partial charge is 0.387 e. The van der Waals surface area contributed by atoms with Crippen LogP contribution in [0.4, 0.5) is 8.78 Å². The number of nitrogens with zero attached hydrogens (tertiary/aromatic N) is 1. The van der Waals surface area contributed by atoms with Crippen molar-refractivity contribution in [2.24, 2.45) is 5.73 Å². The van der Waals surface area contributed by atoms with Gasteiger partial charge in [-0.05, 0) is 36.1 Å². The Morgan fingerprint density at radius 1 is 1.10 bits per heavy atom. The number of halogens is 2. The second-order valence-electron chi connectivity index (χ2n) is 5.35. The number of rotatable bonds is 1. The van der Waals surface area contributed by atoms with Gasteiger partial charge in [0.15, 0.2) is 11.6 Å². The van der Waals surface area contributed by atoms with Gasteiger partial charge in [-0.15, -0.1) is 0 Å². The van der Waals surface area contributed by atoms with Crippen LogP contribution in [0, 0.1) is 11.6 Å². The maximum absolute atomic E-state index is 14.1. The molecule has 3 nitrogen and oxygen atoms in total. The van der Waals surface area contributed by atoms with Gasteiger partial charge in [0.2, 0.25) is 0 Å². The van der Waals surface area contributed by atoms with Crippen molar-refractivity contribution in [1.29, 1.82) is 0 Å². The first kappa shape index (κ1) is 14.1. The molecule has 0 radical (unpaired) electrons. The summed E-state index contributed by atoms with van der Waals surface area (Å²) in [5.41, 5.74) is 7.74. The number of hydrogen-bond acceptors (Lipinski definition) is 3. The van der Waals surface area contributed by atoms with Crippen LogP contribution in [0.5, 0.6) is 0 Å². The van der Waals surface area contributed by atoms with Crippen LogP contribution in [0.1, 0.15) is 47.7 Å². The Morgan fingerprint density at radius 3 is 2.67 bits per heavy atom. The van der Waals surface area contributed by atoms with Gasteiger partial charge < -0.3 is 10.8 Å². The molecule has 3 atom stereocenters. The zero-order valence-corrected chi connectivity index (χ0v) is 11.3. The Morgan fingerprint density at radius 2 is 1.86 bits per heavy atom. The molecule has 0 bridgehead atoms. The van der Waals surface area contributed by atoms with E-state index in [1.165, 1.54) is 6.07 Å². The topological polar surface area (TPSA) is 59.1 Å². The van der Waals surface area contributed by atoms with Crippen molar-refractivity contribution < 1.29 is 13.9 Å². The van der Waals surface area contributed by atoms with Gasteiger partial charge in [-0.3, -0.25) is 4.98 Å². The summed E-state index contributed by atoms with van der Waals surface area (Å²) in [6.45, 7) is 0. The highest BCUT2D eigenvalue weighted by atomic mass is 19.2. The Bertz CT molecular complexity index is 662. The van der Waals surface area contributed by atoms with E-state index in [-0.39, 0.29) is 11.5 Å². The van der Waals surface area contributed by atoms with E-state index in [1.807, 2.05) is 0 Å².